The number of nitro benzene ring substituents is 1. The van der Waals surface area contributed by atoms with Crippen molar-refractivity contribution in [1.82, 2.24) is 0 Å². The Morgan fingerprint density at radius 1 is 1.07 bits per heavy atom. The topological polar surface area (TPSA) is 100 Å². The summed E-state index contributed by atoms with van der Waals surface area (Å²) in [5.74, 6) is -0.619. The molecule has 8 heteroatoms. The van der Waals surface area contributed by atoms with Gasteiger partial charge in [-0.1, -0.05) is 47.6 Å². The summed E-state index contributed by atoms with van der Waals surface area (Å²) >= 11 is 0. The van der Waals surface area contributed by atoms with Gasteiger partial charge in [0.15, 0.2) is 5.71 Å². The van der Waals surface area contributed by atoms with Gasteiger partial charge in [-0.2, -0.15) is 0 Å². The average Bonchev–Trinajstić information content (AvgIpc) is 2.74. The number of esters is 1. The smallest absolute Gasteiger partial charge is 0.355 e. The summed E-state index contributed by atoms with van der Waals surface area (Å²) < 4.78 is 10.4. The van der Waals surface area contributed by atoms with Crippen molar-refractivity contribution in [3.8, 4) is 0 Å². The fraction of sp³-hybridized carbons (Fsp3) is 0.333. The number of non-ortho nitro benzene ring substituents is 1. The molecule has 0 radical (unpaired) electrons. The number of nitro groups is 1. The number of rotatable bonds is 11. The van der Waals surface area contributed by atoms with Crippen LogP contribution in [0.1, 0.15) is 18.1 Å². The van der Waals surface area contributed by atoms with Crippen molar-refractivity contribution in [3.63, 3.8) is 0 Å². The zero-order chi connectivity index (χ0) is 21.1. The third kappa shape index (κ3) is 7.71. The zero-order valence-electron chi connectivity index (χ0n) is 16.4. The zero-order valence-corrected chi connectivity index (χ0v) is 16.4. The van der Waals surface area contributed by atoms with Gasteiger partial charge in [0.05, 0.1) is 25.2 Å². The van der Waals surface area contributed by atoms with Crippen molar-refractivity contribution in [1.29, 1.82) is 0 Å². The number of oxime groups is 1. The molecule has 0 amide bonds. The number of nitrogens with zero attached hydrogens (tertiary/aromatic N) is 2. The minimum absolute atomic E-state index is 0.0418. The molecule has 2 rings (SSSR count). The molecule has 2 aromatic carbocycles. The number of carbonyl (C=O) groups excluding carboxylic acids is 1. The maximum Gasteiger partial charge on any atom is 0.355 e. The Kier molecular flexibility index (Phi) is 8.78. The summed E-state index contributed by atoms with van der Waals surface area (Å²) in [6.07, 6.45) is 0.583. The monoisotopic (exact) mass is 400 g/mol. The van der Waals surface area contributed by atoms with Crippen molar-refractivity contribution < 1.29 is 24.0 Å². The van der Waals surface area contributed by atoms with Crippen LogP contribution in [0.25, 0.3) is 0 Å². The second kappa shape index (κ2) is 11.6. The van der Waals surface area contributed by atoms with Crippen molar-refractivity contribution in [2.45, 2.75) is 20.0 Å². The van der Waals surface area contributed by atoms with Crippen LogP contribution in [0.3, 0.4) is 0 Å². The van der Waals surface area contributed by atoms with Crippen LogP contribution in [0.15, 0.2) is 59.8 Å². The van der Waals surface area contributed by atoms with Gasteiger partial charge < -0.3 is 14.3 Å². The molecule has 8 nitrogen and oxygen atoms in total. The van der Waals surface area contributed by atoms with Crippen molar-refractivity contribution in [2.75, 3.05) is 20.3 Å². The number of methoxy groups -OCH3 is 1. The Balaban J connectivity index is 1.97. The second-order valence-corrected chi connectivity index (χ2v) is 6.46. The van der Waals surface area contributed by atoms with Gasteiger partial charge in [-0.25, -0.2) is 4.79 Å². The van der Waals surface area contributed by atoms with Crippen molar-refractivity contribution in [3.05, 3.63) is 75.8 Å². The summed E-state index contributed by atoms with van der Waals surface area (Å²) in [5, 5.41) is 14.6. The average molecular weight is 400 g/mol. The fourth-order valence-corrected chi connectivity index (χ4v) is 2.60. The molecule has 154 valence electrons. The molecule has 0 spiro atoms. The number of benzene rings is 2. The molecule has 0 saturated heterocycles. The van der Waals surface area contributed by atoms with E-state index in [-0.39, 0.29) is 23.9 Å². The van der Waals surface area contributed by atoms with Crippen LogP contribution in [-0.4, -0.2) is 36.9 Å². The standard InChI is InChI=1S/C21H24N2O6/c1-16(21(24)27-2)22-29-15-19(14-28-13-18-6-4-3-5-7-18)12-17-8-10-20(11-9-17)23(25)26/h3-11,19H,12-15H2,1-2H3/b22-16+. The predicted molar refractivity (Wildman–Crippen MR) is 107 cm³/mol. The van der Waals surface area contributed by atoms with Crippen molar-refractivity contribution >= 4 is 17.4 Å². The van der Waals surface area contributed by atoms with Gasteiger partial charge in [-0.15, -0.1) is 0 Å². The summed E-state index contributed by atoms with van der Waals surface area (Å²) in [6.45, 7) is 2.59. The Morgan fingerprint density at radius 2 is 1.76 bits per heavy atom. The number of hydrogen-bond acceptors (Lipinski definition) is 7. The molecular formula is C21H24N2O6. The summed E-state index contributed by atoms with van der Waals surface area (Å²) in [5.41, 5.74) is 2.13. The summed E-state index contributed by atoms with van der Waals surface area (Å²) in [6, 6.07) is 16.2. The molecule has 0 aliphatic carbocycles. The molecule has 0 aromatic heterocycles. The molecule has 29 heavy (non-hydrogen) atoms. The van der Waals surface area contributed by atoms with Crippen LogP contribution in [0.5, 0.6) is 0 Å². The lowest BCUT2D eigenvalue weighted by Gasteiger charge is -2.16. The maximum absolute atomic E-state index is 11.4. The van der Waals surface area contributed by atoms with Gasteiger partial charge in [0.1, 0.15) is 6.61 Å². The summed E-state index contributed by atoms with van der Waals surface area (Å²) in [4.78, 5) is 27.1. The quantitative estimate of drug-likeness (QED) is 0.248. The van der Waals surface area contributed by atoms with Gasteiger partial charge in [0.25, 0.3) is 5.69 Å². The highest BCUT2D eigenvalue weighted by atomic mass is 16.6. The van der Waals surface area contributed by atoms with E-state index in [9.17, 15) is 14.9 Å². The molecule has 0 aliphatic heterocycles. The van der Waals surface area contributed by atoms with Gasteiger partial charge in [-0.05, 0) is 24.5 Å². The first-order valence-corrected chi connectivity index (χ1v) is 9.09. The minimum Gasteiger partial charge on any atom is -0.464 e. The molecule has 0 fully saturated rings. The van der Waals surface area contributed by atoms with E-state index in [0.29, 0.717) is 19.6 Å². The Labute approximate surface area is 169 Å². The molecule has 1 atom stereocenters. The van der Waals surface area contributed by atoms with Crippen LogP contribution in [0, 0.1) is 16.0 Å². The Hall–Kier alpha value is -3.26. The molecule has 0 saturated carbocycles. The van der Waals surface area contributed by atoms with Crippen molar-refractivity contribution in [2.24, 2.45) is 11.1 Å². The second-order valence-electron chi connectivity index (χ2n) is 6.46. The highest BCUT2D eigenvalue weighted by Crippen LogP contribution is 2.16. The maximum atomic E-state index is 11.4. The van der Waals surface area contributed by atoms with Gasteiger partial charge in [-0.3, -0.25) is 10.1 Å². The number of carbonyl (C=O) groups is 1. The number of ether oxygens (including phenoxy) is 2. The van der Waals surface area contributed by atoms with E-state index in [4.69, 9.17) is 9.57 Å². The van der Waals surface area contributed by atoms with Gasteiger partial charge >= 0.3 is 5.97 Å². The fourth-order valence-electron chi connectivity index (χ4n) is 2.60. The lowest BCUT2D eigenvalue weighted by Crippen LogP contribution is -2.19. The van der Waals surface area contributed by atoms with Crippen LogP contribution in [-0.2, 0) is 32.1 Å². The van der Waals surface area contributed by atoms with Gasteiger partial charge in [0, 0.05) is 18.1 Å². The first kappa shape index (κ1) is 22.0. The Morgan fingerprint density at radius 3 is 2.38 bits per heavy atom. The first-order chi connectivity index (χ1) is 14.0. The molecule has 2 aromatic rings. The highest BCUT2D eigenvalue weighted by molar-refractivity contribution is 6.35. The third-order valence-corrected chi connectivity index (χ3v) is 4.13. The van der Waals surface area contributed by atoms with E-state index in [1.807, 2.05) is 30.3 Å². The van der Waals surface area contributed by atoms with Crippen LogP contribution < -0.4 is 0 Å². The van der Waals surface area contributed by atoms with Crippen LogP contribution in [0.4, 0.5) is 5.69 Å². The normalized spacial score (nSPS) is 12.3. The van der Waals surface area contributed by atoms with Crippen LogP contribution >= 0.6 is 0 Å². The molecule has 0 N–H and O–H groups in total. The van der Waals surface area contributed by atoms with E-state index in [0.717, 1.165) is 11.1 Å². The third-order valence-electron chi connectivity index (χ3n) is 4.13. The molecule has 1 unspecified atom stereocenters. The molecule has 0 bridgehead atoms. The first-order valence-electron chi connectivity index (χ1n) is 9.09. The van der Waals surface area contributed by atoms with E-state index in [1.54, 1.807) is 12.1 Å². The van der Waals surface area contributed by atoms with Gasteiger partial charge in [0.2, 0.25) is 0 Å². The Bertz CT molecular complexity index is 821. The molecule has 0 aliphatic rings. The lowest BCUT2D eigenvalue weighted by atomic mass is 10.0. The van der Waals surface area contributed by atoms with E-state index in [1.165, 1.54) is 26.2 Å². The van der Waals surface area contributed by atoms with E-state index < -0.39 is 10.9 Å². The molecular weight excluding hydrogens is 376 g/mol. The highest BCUT2D eigenvalue weighted by Gasteiger charge is 2.14. The van der Waals surface area contributed by atoms with E-state index in [2.05, 4.69) is 9.89 Å². The largest absolute Gasteiger partial charge is 0.464 e. The predicted octanol–water partition coefficient (Wildman–Crippen LogP) is 3.54. The van der Waals surface area contributed by atoms with Crippen LogP contribution in [0.2, 0.25) is 0 Å². The van der Waals surface area contributed by atoms with E-state index >= 15 is 0 Å². The molecule has 0 heterocycles. The number of hydrogen-bond donors (Lipinski definition) is 0. The minimum atomic E-state index is -0.558. The summed E-state index contributed by atoms with van der Waals surface area (Å²) in [7, 11) is 1.27. The lowest BCUT2D eigenvalue weighted by molar-refractivity contribution is -0.384. The SMILES string of the molecule is COC(=O)/C(C)=N/OCC(COCc1ccccc1)Cc1ccc([N+](=O)[O-])cc1.